The lowest BCUT2D eigenvalue weighted by Crippen LogP contribution is -2.13. The van der Waals surface area contributed by atoms with Crippen molar-refractivity contribution in [3.63, 3.8) is 0 Å². The summed E-state index contributed by atoms with van der Waals surface area (Å²) in [6, 6.07) is 30.3. The highest BCUT2D eigenvalue weighted by Crippen LogP contribution is 2.43. The normalized spacial score (nSPS) is 12.2. The first-order chi connectivity index (χ1) is 18.8. The summed E-state index contributed by atoms with van der Waals surface area (Å²) in [6.07, 6.45) is 1.78. The molecule has 2 aromatic heterocycles. The number of pyridine rings is 1. The molecular weight excluding hydrogens is 480 g/mol. The Morgan fingerprint density at radius 1 is 0.667 bits per heavy atom. The third kappa shape index (κ3) is 3.59. The Morgan fingerprint density at radius 3 is 2.15 bits per heavy atom. The third-order valence-electron chi connectivity index (χ3n) is 7.96. The largest absolute Gasteiger partial charge is 0.455 e. The van der Waals surface area contributed by atoms with Gasteiger partial charge in [-0.05, 0) is 74.5 Å². The van der Waals surface area contributed by atoms with Crippen molar-refractivity contribution in [2.75, 3.05) is 0 Å². The summed E-state index contributed by atoms with van der Waals surface area (Å²) in [5.41, 5.74) is 6.67. The zero-order valence-electron chi connectivity index (χ0n) is 22.5. The maximum Gasteiger partial charge on any atom is 0.146 e. The van der Waals surface area contributed by atoms with Gasteiger partial charge in [-0.1, -0.05) is 80.8 Å². The number of halogens is 1. The van der Waals surface area contributed by atoms with Crippen LogP contribution < -0.4 is 5.46 Å². The first kappa shape index (κ1) is 23.7. The van der Waals surface area contributed by atoms with E-state index in [0.29, 0.717) is 11.1 Å². The molecule has 0 fully saturated rings. The van der Waals surface area contributed by atoms with Crippen molar-refractivity contribution in [2.24, 2.45) is 0 Å². The fraction of sp³-hybridized carbons (Fsp3) is 0.114. The molecule has 0 aliphatic heterocycles. The summed E-state index contributed by atoms with van der Waals surface area (Å²) in [4.78, 5) is 4.55. The summed E-state index contributed by atoms with van der Waals surface area (Å²) in [6.45, 7) is 6.67. The summed E-state index contributed by atoms with van der Waals surface area (Å²) in [7, 11) is 2.09. The molecule has 0 aliphatic rings. The van der Waals surface area contributed by atoms with E-state index < -0.39 is 0 Å². The van der Waals surface area contributed by atoms with Crippen molar-refractivity contribution in [1.29, 1.82) is 0 Å². The quantitative estimate of drug-likeness (QED) is 0.174. The van der Waals surface area contributed by atoms with Crippen LogP contribution in [0.1, 0.15) is 26.3 Å². The van der Waals surface area contributed by atoms with Gasteiger partial charge in [0.1, 0.15) is 24.8 Å². The number of rotatable bonds is 2. The van der Waals surface area contributed by atoms with Crippen LogP contribution in [0, 0.1) is 5.82 Å². The van der Waals surface area contributed by atoms with Crippen molar-refractivity contribution >= 4 is 56.8 Å². The fourth-order valence-electron chi connectivity index (χ4n) is 5.95. The van der Waals surface area contributed by atoms with Crippen molar-refractivity contribution in [2.45, 2.75) is 26.2 Å². The predicted molar refractivity (Wildman–Crippen MR) is 164 cm³/mol. The Kier molecular flexibility index (Phi) is 5.18. The Bertz CT molecular complexity index is 2070. The monoisotopic (exact) mass is 507 g/mol. The van der Waals surface area contributed by atoms with Gasteiger partial charge >= 0.3 is 0 Å². The summed E-state index contributed by atoms with van der Waals surface area (Å²) >= 11 is 0. The Hall–Kier alpha value is -4.44. The average molecular weight is 507 g/mol. The molecule has 2 nitrogen and oxygen atoms in total. The molecule has 2 heterocycles. The average Bonchev–Trinajstić information content (AvgIpc) is 3.33. The zero-order chi connectivity index (χ0) is 26.9. The van der Waals surface area contributed by atoms with Crippen LogP contribution in [0.3, 0.4) is 0 Å². The number of aromatic nitrogens is 1. The minimum absolute atomic E-state index is 0.00772. The molecule has 188 valence electrons. The van der Waals surface area contributed by atoms with E-state index in [0.717, 1.165) is 54.8 Å². The van der Waals surface area contributed by atoms with Gasteiger partial charge in [-0.2, -0.15) is 0 Å². The minimum Gasteiger partial charge on any atom is -0.455 e. The highest BCUT2D eigenvalue weighted by Gasteiger charge is 2.24. The van der Waals surface area contributed by atoms with Crippen molar-refractivity contribution < 1.29 is 8.81 Å². The van der Waals surface area contributed by atoms with Gasteiger partial charge in [0.05, 0.1) is 11.3 Å². The van der Waals surface area contributed by atoms with Gasteiger partial charge in [0.2, 0.25) is 0 Å². The highest BCUT2D eigenvalue weighted by molar-refractivity contribution is 6.46. The molecule has 7 rings (SSSR count). The molecule has 0 spiro atoms. The Labute approximate surface area is 227 Å². The smallest absolute Gasteiger partial charge is 0.146 e. The van der Waals surface area contributed by atoms with Gasteiger partial charge in [0, 0.05) is 22.5 Å². The van der Waals surface area contributed by atoms with Crippen LogP contribution in [0.15, 0.2) is 102 Å². The van der Waals surface area contributed by atoms with Gasteiger partial charge < -0.3 is 4.42 Å². The van der Waals surface area contributed by atoms with E-state index in [2.05, 4.69) is 76.1 Å². The van der Waals surface area contributed by atoms with Crippen LogP contribution in [0.25, 0.3) is 65.9 Å². The second kappa shape index (κ2) is 8.54. The van der Waals surface area contributed by atoms with Crippen LogP contribution >= 0.6 is 0 Å². The SMILES string of the molecule is Bc1c(-c2c(F)ccc3c2oc2c(-c4ccccn4)cccc23)c2ccc(C(C)(C)C)cc2c2ccccc12. The van der Waals surface area contributed by atoms with E-state index >= 15 is 4.39 Å². The van der Waals surface area contributed by atoms with Crippen LogP contribution in [0.4, 0.5) is 4.39 Å². The molecule has 7 aromatic rings. The predicted octanol–water partition coefficient (Wildman–Crippen LogP) is 8.32. The molecule has 0 bridgehead atoms. The first-order valence-corrected chi connectivity index (χ1v) is 13.3. The lowest BCUT2D eigenvalue weighted by molar-refractivity contribution is 0.591. The number of hydrogen-bond acceptors (Lipinski definition) is 2. The van der Waals surface area contributed by atoms with E-state index in [1.807, 2.05) is 42.5 Å². The first-order valence-electron chi connectivity index (χ1n) is 13.3. The molecule has 0 N–H and O–H groups in total. The number of para-hydroxylation sites is 1. The van der Waals surface area contributed by atoms with Crippen LogP contribution in [-0.2, 0) is 5.41 Å². The van der Waals surface area contributed by atoms with Gasteiger partial charge in [-0.15, -0.1) is 0 Å². The lowest BCUT2D eigenvalue weighted by atomic mass is 9.77. The van der Waals surface area contributed by atoms with E-state index in [1.54, 1.807) is 12.3 Å². The molecule has 0 saturated heterocycles. The summed E-state index contributed by atoms with van der Waals surface area (Å²) in [5, 5.41) is 6.29. The lowest BCUT2D eigenvalue weighted by Gasteiger charge is -2.22. The van der Waals surface area contributed by atoms with Crippen molar-refractivity contribution in [3.05, 3.63) is 109 Å². The summed E-state index contributed by atoms with van der Waals surface area (Å²) < 4.78 is 22.7. The second-order valence-electron chi connectivity index (χ2n) is 11.4. The minimum atomic E-state index is -0.291. The molecule has 0 radical (unpaired) electrons. The summed E-state index contributed by atoms with van der Waals surface area (Å²) in [5.74, 6) is -0.291. The maximum atomic E-state index is 16.1. The Balaban J connectivity index is 1.63. The number of fused-ring (bicyclic) bond motifs is 6. The molecule has 0 unspecified atom stereocenters. The number of benzene rings is 5. The molecule has 0 saturated carbocycles. The number of furan rings is 1. The highest BCUT2D eigenvalue weighted by atomic mass is 19.1. The molecule has 0 atom stereocenters. The van der Waals surface area contributed by atoms with Crippen LogP contribution in [0.5, 0.6) is 0 Å². The van der Waals surface area contributed by atoms with E-state index in [4.69, 9.17) is 4.42 Å². The van der Waals surface area contributed by atoms with Gasteiger partial charge in [-0.25, -0.2) is 4.39 Å². The second-order valence-corrected chi connectivity index (χ2v) is 11.4. The third-order valence-corrected chi connectivity index (χ3v) is 7.96. The van der Waals surface area contributed by atoms with Crippen molar-refractivity contribution in [1.82, 2.24) is 4.98 Å². The van der Waals surface area contributed by atoms with E-state index in [9.17, 15) is 0 Å². The van der Waals surface area contributed by atoms with Gasteiger partial charge in [0.25, 0.3) is 0 Å². The van der Waals surface area contributed by atoms with E-state index in [1.165, 1.54) is 10.9 Å². The van der Waals surface area contributed by atoms with Crippen LogP contribution in [0.2, 0.25) is 0 Å². The molecule has 5 aromatic carbocycles. The molecule has 0 aliphatic carbocycles. The molecule has 39 heavy (non-hydrogen) atoms. The molecule has 4 heteroatoms. The fourth-order valence-corrected chi connectivity index (χ4v) is 5.95. The molecular formula is C35H27BFNO. The maximum absolute atomic E-state index is 16.1. The topological polar surface area (TPSA) is 26.0 Å². The van der Waals surface area contributed by atoms with E-state index in [-0.39, 0.29) is 11.2 Å². The van der Waals surface area contributed by atoms with Crippen LogP contribution in [-0.4, -0.2) is 12.8 Å². The molecule has 0 amide bonds. The Morgan fingerprint density at radius 2 is 1.38 bits per heavy atom. The van der Waals surface area contributed by atoms with Gasteiger partial charge in [0.15, 0.2) is 0 Å². The van der Waals surface area contributed by atoms with Gasteiger partial charge in [-0.3, -0.25) is 4.98 Å². The zero-order valence-corrected chi connectivity index (χ0v) is 22.5. The number of nitrogens with zero attached hydrogens (tertiary/aromatic N) is 1. The van der Waals surface area contributed by atoms with Crippen molar-refractivity contribution in [3.8, 4) is 22.4 Å². The standard InChI is InChI=1S/C35H27BFNO/c1-35(2,3)20-14-15-22-27(19-20)21-9-4-5-10-23(21)32(36)30(22)31-28(37)17-16-25-24-11-8-12-26(33(24)39-34(25)31)29-13-6-7-18-38-29/h4-19H,36H2,1-3H3. The number of hydrogen-bond donors (Lipinski definition) is 0.